The number of hydrogen-bond donors (Lipinski definition) is 0. The van der Waals surface area contributed by atoms with E-state index in [1.54, 1.807) is 0 Å². The summed E-state index contributed by atoms with van der Waals surface area (Å²) in [5.41, 5.74) is 0.0156. The summed E-state index contributed by atoms with van der Waals surface area (Å²) in [5, 5.41) is 0. The standard InChI is InChI=1S/C7H16NO/c1-7(2,3)8(4,5)6-9/h6H,1-5H3/q+1. The smallest absolute Gasteiger partial charge is 0.264 e. The molecule has 54 valence electrons. The second-order valence-corrected chi connectivity index (χ2v) is 3.82. The lowest BCUT2D eigenvalue weighted by molar-refractivity contribution is -0.854. The molecule has 0 saturated carbocycles. The molecule has 0 radical (unpaired) electrons. The van der Waals surface area contributed by atoms with Gasteiger partial charge in [-0.25, -0.2) is 4.79 Å². The van der Waals surface area contributed by atoms with Gasteiger partial charge in [0.15, 0.2) is 0 Å². The van der Waals surface area contributed by atoms with Crippen molar-refractivity contribution in [3.63, 3.8) is 0 Å². The van der Waals surface area contributed by atoms with Crippen LogP contribution >= 0.6 is 0 Å². The second-order valence-electron chi connectivity index (χ2n) is 3.82. The molecule has 0 aliphatic rings. The Morgan fingerprint density at radius 2 is 1.56 bits per heavy atom. The van der Waals surface area contributed by atoms with Gasteiger partial charge in [0.1, 0.15) is 0 Å². The van der Waals surface area contributed by atoms with Crippen LogP contribution in [0.5, 0.6) is 0 Å². The summed E-state index contributed by atoms with van der Waals surface area (Å²) >= 11 is 0. The highest BCUT2D eigenvalue weighted by molar-refractivity contribution is 5.37. The minimum Gasteiger partial charge on any atom is -0.264 e. The van der Waals surface area contributed by atoms with Gasteiger partial charge in [-0.2, -0.15) is 0 Å². The van der Waals surface area contributed by atoms with Crippen LogP contribution in [0.25, 0.3) is 0 Å². The van der Waals surface area contributed by atoms with Gasteiger partial charge >= 0.3 is 6.41 Å². The first kappa shape index (κ1) is 8.63. The van der Waals surface area contributed by atoms with Crippen molar-refractivity contribution in [3.05, 3.63) is 0 Å². The lowest BCUT2D eigenvalue weighted by Crippen LogP contribution is -2.52. The van der Waals surface area contributed by atoms with Crippen LogP contribution in [0.3, 0.4) is 0 Å². The average Bonchev–Trinajstić information content (AvgIpc) is 1.64. The predicted octanol–water partition coefficient (Wildman–Crippen LogP) is 1.02. The SMILES string of the molecule is CC(C)(C)[N+](C)(C)C=O. The van der Waals surface area contributed by atoms with E-state index in [1.807, 2.05) is 34.9 Å². The molecular weight excluding hydrogens is 114 g/mol. The molecule has 0 fully saturated rings. The summed E-state index contributed by atoms with van der Waals surface area (Å²) in [5.74, 6) is 0. The molecule has 0 unspecified atom stereocenters. The van der Waals surface area contributed by atoms with Crippen LogP contribution in [0.1, 0.15) is 20.8 Å². The van der Waals surface area contributed by atoms with E-state index in [0.29, 0.717) is 4.48 Å². The van der Waals surface area contributed by atoms with E-state index in [0.717, 1.165) is 6.41 Å². The molecule has 0 spiro atoms. The third kappa shape index (κ3) is 1.79. The van der Waals surface area contributed by atoms with Crippen LogP contribution in [0.15, 0.2) is 0 Å². The third-order valence-corrected chi connectivity index (χ3v) is 1.99. The maximum absolute atomic E-state index is 10.4. The molecule has 0 aliphatic heterocycles. The molecular formula is C7H16NO+. The Hall–Kier alpha value is -0.370. The molecule has 0 aromatic carbocycles. The number of rotatable bonds is 1. The zero-order valence-electron chi connectivity index (χ0n) is 6.93. The van der Waals surface area contributed by atoms with Crippen molar-refractivity contribution in [2.24, 2.45) is 0 Å². The fourth-order valence-electron chi connectivity index (χ4n) is 0.158. The minimum absolute atomic E-state index is 0.0156. The fraction of sp³-hybridized carbons (Fsp3) is 0.857. The first-order valence-electron chi connectivity index (χ1n) is 3.11. The molecule has 0 saturated heterocycles. The number of nitrogens with zero attached hydrogens (tertiary/aromatic N) is 1. The van der Waals surface area contributed by atoms with Crippen LogP contribution in [-0.4, -0.2) is 30.5 Å². The Balaban J connectivity index is 4.32. The van der Waals surface area contributed by atoms with Crippen molar-refractivity contribution in [1.82, 2.24) is 0 Å². The topological polar surface area (TPSA) is 17.1 Å². The van der Waals surface area contributed by atoms with Gasteiger partial charge in [-0.3, -0.25) is 4.48 Å². The highest BCUT2D eigenvalue weighted by Crippen LogP contribution is 2.15. The van der Waals surface area contributed by atoms with Gasteiger partial charge in [0.2, 0.25) is 0 Å². The monoisotopic (exact) mass is 130 g/mol. The maximum atomic E-state index is 10.4. The molecule has 0 aromatic rings. The van der Waals surface area contributed by atoms with Crippen LogP contribution in [0, 0.1) is 0 Å². The predicted molar refractivity (Wildman–Crippen MR) is 37.9 cm³/mol. The van der Waals surface area contributed by atoms with Gasteiger partial charge < -0.3 is 0 Å². The summed E-state index contributed by atoms with van der Waals surface area (Å²) in [6.07, 6.45) is 0.958. The Morgan fingerprint density at radius 3 is 1.56 bits per heavy atom. The van der Waals surface area contributed by atoms with E-state index in [-0.39, 0.29) is 5.54 Å². The summed E-state index contributed by atoms with van der Waals surface area (Å²) in [6, 6.07) is 0. The Morgan fingerprint density at radius 1 is 1.22 bits per heavy atom. The van der Waals surface area contributed by atoms with Crippen molar-refractivity contribution in [2.45, 2.75) is 26.3 Å². The molecule has 9 heavy (non-hydrogen) atoms. The number of hydrogen-bond acceptors (Lipinski definition) is 1. The van der Waals surface area contributed by atoms with Gasteiger partial charge in [-0.15, -0.1) is 0 Å². The highest BCUT2D eigenvalue weighted by atomic mass is 16.1. The van der Waals surface area contributed by atoms with E-state index in [9.17, 15) is 4.79 Å². The lowest BCUT2D eigenvalue weighted by Gasteiger charge is -2.35. The molecule has 2 heteroatoms. The average molecular weight is 130 g/mol. The zero-order valence-corrected chi connectivity index (χ0v) is 6.93. The van der Waals surface area contributed by atoms with Gasteiger partial charge in [0.05, 0.1) is 19.6 Å². The number of amides is 1. The Bertz CT molecular complexity index is 111. The van der Waals surface area contributed by atoms with Crippen molar-refractivity contribution < 1.29 is 9.28 Å². The highest BCUT2D eigenvalue weighted by Gasteiger charge is 2.30. The zero-order chi connectivity index (χ0) is 7.71. The van der Waals surface area contributed by atoms with E-state index in [2.05, 4.69) is 0 Å². The molecule has 2 nitrogen and oxygen atoms in total. The number of carbonyl (C=O) groups is 1. The molecule has 1 amide bonds. The summed E-state index contributed by atoms with van der Waals surface area (Å²) in [4.78, 5) is 10.4. The van der Waals surface area contributed by atoms with Gasteiger partial charge in [-0.05, 0) is 20.8 Å². The van der Waals surface area contributed by atoms with Crippen molar-refractivity contribution >= 4 is 6.41 Å². The molecule has 0 aliphatic carbocycles. The fourth-order valence-corrected chi connectivity index (χ4v) is 0.158. The van der Waals surface area contributed by atoms with Crippen LogP contribution < -0.4 is 0 Å². The Labute approximate surface area is 57.1 Å². The van der Waals surface area contributed by atoms with E-state index >= 15 is 0 Å². The number of carbonyl (C=O) groups excluding carboxylic acids is 1. The lowest BCUT2D eigenvalue weighted by atomic mass is 10.1. The van der Waals surface area contributed by atoms with Crippen molar-refractivity contribution in [1.29, 1.82) is 0 Å². The third-order valence-electron chi connectivity index (χ3n) is 1.99. The van der Waals surface area contributed by atoms with Gasteiger partial charge in [0.25, 0.3) is 0 Å². The summed E-state index contributed by atoms with van der Waals surface area (Å²) in [6.45, 7) is 6.13. The largest absolute Gasteiger partial charge is 0.301 e. The molecule has 0 aromatic heterocycles. The summed E-state index contributed by atoms with van der Waals surface area (Å²) in [7, 11) is 3.79. The first-order valence-corrected chi connectivity index (χ1v) is 3.11. The van der Waals surface area contributed by atoms with Gasteiger partial charge in [-0.1, -0.05) is 0 Å². The maximum Gasteiger partial charge on any atom is 0.301 e. The van der Waals surface area contributed by atoms with Crippen LogP contribution in [0.4, 0.5) is 0 Å². The quantitative estimate of drug-likeness (QED) is 0.382. The normalized spacial score (nSPS) is 13.4. The molecule has 0 atom stereocenters. The molecule has 0 bridgehead atoms. The first-order chi connectivity index (χ1) is 3.81. The Kier molecular flexibility index (Phi) is 2.02. The van der Waals surface area contributed by atoms with Gasteiger partial charge in [0, 0.05) is 0 Å². The van der Waals surface area contributed by atoms with Crippen molar-refractivity contribution in [2.75, 3.05) is 14.1 Å². The molecule has 0 rings (SSSR count). The van der Waals surface area contributed by atoms with Crippen LogP contribution in [0.2, 0.25) is 0 Å². The molecule has 0 heterocycles. The second kappa shape index (κ2) is 2.10. The minimum atomic E-state index is 0.0156. The summed E-state index contributed by atoms with van der Waals surface area (Å²) < 4.78 is 0.410. The van der Waals surface area contributed by atoms with E-state index < -0.39 is 0 Å². The van der Waals surface area contributed by atoms with Crippen LogP contribution in [-0.2, 0) is 4.79 Å². The molecule has 0 N–H and O–H groups in total. The van der Waals surface area contributed by atoms with E-state index in [4.69, 9.17) is 0 Å². The van der Waals surface area contributed by atoms with E-state index in [1.165, 1.54) is 0 Å². The number of quaternary nitrogens is 1. The van der Waals surface area contributed by atoms with Crippen molar-refractivity contribution in [3.8, 4) is 0 Å².